The molecule has 6 nitrogen and oxygen atoms in total. The Morgan fingerprint density at radius 3 is 2.78 bits per heavy atom. The molecular weight excluding hydrogens is 294 g/mol. The summed E-state index contributed by atoms with van der Waals surface area (Å²) in [5.41, 5.74) is 1.77. The van der Waals surface area contributed by atoms with Crippen LogP contribution < -0.4 is 10.1 Å². The van der Waals surface area contributed by atoms with E-state index in [4.69, 9.17) is 9.26 Å². The molecule has 0 aliphatic carbocycles. The zero-order valence-electron chi connectivity index (χ0n) is 13.6. The Morgan fingerprint density at radius 2 is 2.09 bits per heavy atom. The van der Waals surface area contributed by atoms with Gasteiger partial charge in [0.15, 0.2) is 5.76 Å². The molecule has 1 N–H and O–H groups in total. The van der Waals surface area contributed by atoms with Gasteiger partial charge in [-0.15, -0.1) is 0 Å². The molecular formula is C17H21N3O3. The summed E-state index contributed by atoms with van der Waals surface area (Å²) in [7, 11) is 1.64. The summed E-state index contributed by atoms with van der Waals surface area (Å²) in [4.78, 5) is 14.0. The molecule has 1 amide bonds. The largest absolute Gasteiger partial charge is 0.497 e. The highest BCUT2D eigenvalue weighted by molar-refractivity contribution is 5.82. The second-order valence-corrected chi connectivity index (χ2v) is 5.93. The van der Waals surface area contributed by atoms with E-state index in [1.165, 1.54) is 0 Å². The third-order valence-electron chi connectivity index (χ3n) is 4.12. The third kappa shape index (κ3) is 3.37. The van der Waals surface area contributed by atoms with E-state index in [0.717, 1.165) is 23.6 Å². The molecule has 1 fully saturated rings. The lowest BCUT2D eigenvalue weighted by Gasteiger charge is -2.35. The number of nitrogens with zero attached hydrogens (tertiary/aromatic N) is 2. The predicted octanol–water partition coefficient (Wildman–Crippen LogP) is 2.06. The first-order valence-electron chi connectivity index (χ1n) is 7.71. The van der Waals surface area contributed by atoms with Crippen molar-refractivity contribution in [3.8, 4) is 17.1 Å². The minimum atomic E-state index is -0.160. The van der Waals surface area contributed by atoms with Crippen molar-refractivity contribution in [2.45, 2.75) is 32.5 Å². The summed E-state index contributed by atoms with van der Waals surface area (Å²) in [6, 6.07) is 9.54. The van der Waals surface area contributed by atoms with Crippen LogP contribution in [0, 0.1) is 0 Å². The smallest absolute Gasteiger partial charge is 0.237 e. The molecule has 1 aromatic heterocycles. The zero-order valence-corrected chi connectivity index (χ0v) is 13.6. The molecule has 1 aliphatic rings. The van der Waals surface area contributed by atoms with Gasteiger partial charge >= 0.3 is 0 Å². The summed E-state index contributed by atoms with van der Waals surface area (Å²) < 4.78 is 10.6. The van der Waals surface area contributed by atoms with E-state index in [9.17, 15) is 4.79 Å². The number of ether oxygens (including phenoxy) is 1. The molecule has 0 spiro atoms. The Kier molecular flexibility index (Phi) is 4.34. The maximum Gasteiger partial charge on any atom is 0.237 e. The lowest BCUT2D eigenvalue weighted by Crippen LogP contribution is -2.57. The average molecular weight is 315 g/mol. The molecule has 0 radical (unpaired) electrons. The SMILES string of the molecule is COc1ccc(-c2cc(CN3CC(C)NC(=O)C3C)no2)cc1. The summed E-state index contributed by atoms with van der Waals surface area (Å²) in [5, 5.41) is 7.08. The number of hydrogen-bond donors (Lipinski definition) is 1. The molecule has 1 aromatic carbocycles. The van der Waals surface area contributed by atoms with Gasteiger partial charge in [0.2, 0.25) is 5.91 Å². The number of methoxy groups -OCH3 is 1. The fourth-order valence-corrected chi connectivity index (χ4v) is 2.77. The van der Waals surface area contributed by atoms with Crippen molar-refractivity contribution in [3.63, 3.8) is 0 Å². The summed E-state index contributed by atoms with van der Waals surface area (Å²) in [6.07, 6.45) is 0. The van der Waals surface area contributed by atoms with Crippen molar-refractivity contribution in [2.75, 3.05) is 13.7 Å². The van der Waals surface area contributed by atoms with E-state index >= 15 is 0 Å². The van der Waals surface area contributed by atoms with Crippen molar-refractivity contribution >= 4 is 5.91 Å². The normalized spacial score (nSPS) is 22.0. The Bertz CT molecular complexity index is 681. The topological polar surface area (TPSA) is 67.6 Å². The first-order valence-corrected chi connectivity index (χ1v) is 7.71. The van der Waals surface area contributed by atoms with Crippen LogP contribution in [0.5, 0.6) is 5.75 Å². The molecule has 2 heterocycles. The lowest BCUT2D eigenvalue weighted by molar-refractivity contribution is -0.130. The van der Waals surface area contributed by atoms with E-state index < -0.39 is 0 Å². The Morgan fingerprint density at radius 1 is 1.35 bits per heavy atom. The van der Waals surface area contributed by atoms with Crippen LogP contribution in [0.15, 0.2) is 34.9 Å². The first-order chi connectivity index (χ1) is 11.1. The first kappa shape index (κ1) is 15.6. The van der Waals surface area contributed by atoms with Gasteiger partial charge in [-0.2, -0.15) is 0 Å². The van der Waals surface area contributed by atoms with Gasteiger partial charge in [0, 0.05) is 30.8 Å². The molecule has 2 unspecified atom stereocenters. The van der Waals surface area contributed by atoms with Gasteiger partial charge in [0.05, 0.1) is 18.8 Å². The van der Waals surface area contributed by atoms with Gasteiger partial charge in [0.1, 0.15) is 5.75 Å². The van der Waals surface area contributed by atoms with Crippen LogP contribution in [0.25, 0.3) is 11.3 Å². The number of carbonyl (C=O) groups excluding carboxylic acids is 1. The molecule has 1 saturated heterocycles. The fraction of sp³-hybridized carbons (Fsp3) is 0.412. The molecule has 0 saturated carbocycles. The second-order valence-electron chi connectivity index (χ2n) is 5.93. The minimum Gasteiger partial charge on any atom is -0.497 e. The summed E-state index contributed by atoms with van der Waals surface area (Å²) >= 11 is 0. The molecule has 0 bridgehead atoms. The number of carbonyl (C=O) groups is 1. The van der Waals surface area contributed by atoms with Gasteiger partial charge < -0.3 is 14.6 Å². The van der Waals surface area contributed by atoms with E-state index in [0.29, 0.717) is 12.3 Å². The number of amides is 1. The fourth-order valence-electron chi connectivity index (χ4n) is 2.77. The molecule has 6 heteroatoms. The number of nitrogens with one attached hydrogen (secondary N) is 1. The van der Waals surface area contributed by atoms with Crippen molar-refractivity contribution in [1.29, 1.82) is 0 Å². The van der Waals surface area contributed by atoms with Gasteiger partial charge in [0.25, 0.3) is 0 Å². The maximum atomic E-state index is 11.9. The summed E-state index contributed by atoms with van der Waals surface area (Å²) in [6.45, 7) is 5.31. The third-order valence-corrected chi connectivity index (χ3v) is 4.12. The van der Waals surface area contributed by atoms with Gasteiger partial charge in [-0.05, 0) is 38.1 Å². The Balaban J connectivity index is 1.72. The van der Waals surface area contributed by atoms with Crippen molar-refractivity contribution in [3.05, 3.63) is 36.0 Å². The zero-order chi connectivity index (χ0) is 16.4. The number of hydrogen-bond acceptors (Lipinski definition) is 5. The Hall–Kier alpha value is -2.34. The standard InChI is InChI=1S/C17H21N3O3/c1-11-9-20(12(2)17(21)18-11)10-14-8-16(23-19-14)13-4-6-15(22-3)7-5-13/h4-8,11-12H,9-10H2,1-3H3,(H,18,21). The molecule has 2 atom stereocenters. The predicted molar refractivity (Wildman–Crippen MR) is 86.0 cm³/mol. The van der Waals surface area contributed by atoms with E-state index in [2.05, 4.69) is 15.4 Å². The summed E-state index contributed by atoms with van der Waals surface area (Å²) in [5.74, 6) is 1.57. The van der Waals surface area contributed by atoms with Crippen LogP contribution >= 0.6 is 0 Å². The van der Waals surface area contributed by atoms with Crippen LogP contribution in [0.4, 0.5) is 0 Å². The number of aromatic nitrogens is 1. The second kappa shape index (κ2) is 6.42. The average Bonchev–Trinajstić information content (AvgIpc) is 3.01. The number of rotatable bonds is 4. The highest BCUT2D eigenvalue weighted by Gasteiger charge is 2.29. The van der Waals surface area contributed by atoms with Crippen LogP contribution in [-0.2, 0) is 11.3 Å². The number of piperazine rings is 1. The minimum absolute atomic E-state index is 0.0580. The van der Waals surface area contributed by atoms with E-state index in [1.807, 2.05) is 44.2 Å². The van der Waals surface area contributed by atoms with Crippen molar-refractivity contribution in [2.24, 2.45) is 0 Å². The quantitative estimate of drug-likeness (QED) is 0.935. The van der Waals surface area contributed by atoms with Crippen molar-refractivity contribution < 1.29 is 14.1 Å². The van der Waals surface area contributed by atoms with Crippen molar-refractivity contribution in [1.82, 2.24) is 15.4 Å². The van der Waals surface area contributed by atoms with Crippen LogP contribution in [0.2, 0.25) is 0 Å². The molecule has 23 heavy (non-hydrogen) atoms. The van der Waals surface area contributed by atoms with Gasteiger partial charge in [-0.1, -0.05) is 5.16 Å². The van der Waals surface area contributed by atoms with Crippen LogP contribution in [0.1, 0.15) is 19.5 Å². The highest BCUT2D eigenvalue weighted by atomic mass is 16.5. The van der Waals surface area contributed by atoms with E-state index in [1.54, 1.807) is 7.11 Å². The molecule has 122 valence electrons. The molecule has 3 rings (SSSR count). The van der Waals surface area contributed by atoms with Gasteiger partial charge in [-0.25, -0.2) is 0 Å². The van der Waals surface area contributed by atoms with Gasteiger partial charge in [-0.3, -0.25) is 9.69 Å². The Labute approximate surface area is 135 Å². The highest BCUT2D eigenvalue weighted by Crippen LogP contribution is 2.24. The monoisotopic (exact) mass is 315 g/mol. The maximum absolute atomic E-state index is 11.9. The van der Waals surface area contributed by atoms with E-state index in [-0.39, 0.29) is 18.0 Å². The molecule has 2 aromatic rings. The lowest BCUT2D eigenvalue weighted by atomic mass is 10.1. The molecule has 1 aliphatic heterocycles. The van der Waals surface area contributed by atoms with Crippen LogP contribution in [-0.4, -0.2) is 41.7 Å². The number of benzene rings is 1. The van der Waals surface area contributed by atoms with Crippen LogP contribution in [0.3, 0.4) is 0 Å².